The van der Waals surface area contributed by atoms with Gasteiger partial charge in [0.05, 0.1) is 69.2 Å². The van der Waals surface area contributed by atoms with Crippen molar-refractivity contribution in [1.29, 1.82) is 0 Å². The lowest BCUT2D eigenvalue weighted by Gasteiger charge is -2.31. The van der Waals surface area contributed by atoms with Crippen molar-refractivity contribution in [3.63, 3.8) is 0 Å². The summed E-state index contributed by atoms with van der Waals surface area (Å²) in [5.41, 5.74) is 1.15. The SMILES string of the molecule is C=CC(=O)OCC(CC)(COCCCCCCCCCCCC)COC(=O)CCCCCCC(C)CCCCC(C)CCCCCCC(=O)OCC(CC)(COCCCCCCCCCCCC)COC(=O)C=C.C=CC(=O)OCCCCCCOc1ccc(-c2ccc(OC(=O)c3ccc(OCCCCCCOC(=O)C=C)c(OCCCCCCOC(=O)C=C)c3)cc2)cc1. The van der Waals surface area contributed by atoms with Crippen LogP contribution in [0.1, 0.15) is 373 Å². The molecular formula is C110H174O21. The highest BCUT2D eigenvalue weighted by Crippen LogP contribution is 2.33. The van der Waals surface area contributed by atoms with Crippen molar-refractivity contribution >= 4 is 47.8 Å². The summed E-state index contributed by atoms with van der Waals surface area (Å²) < 4.78 is 73.4. The molecule has 3 rings (SSSR count). The minimum Gasteiger partial charge on any atom is -0.494 e. The molecule has 0 saturated carbocycles. The third-order valence-corrected chi connectivity index (χ3v) is 23.9. The van der Waals surface area contributed by atoms with Gasteiger partial charge in [0.15, 0.2) is 11.5 Å². The highest BCUT2D eigenvalue weighted by Gasteiger charge is 2.34. The minimum absolute atomic E-state index is 0.138. The minimum atomic E-state index is -0.566. The van der Waals surface area contributed by atoms with Crippen molar-refractivity contribution in [2.45, 2.75) is 363 Å². The Bertz CT molecular complexity index is 3400. The molecule has 0 amide bonds. The Morgan fingerprint density at radius 2 is 0.580 bits per heavy atom. The van der Waals surface area contributed by atoms with E-state index in [1.54, 1.807) is 30.3 Å². The number of carbonyl (C=O) groups is 8. The number of esters is 8. The molecule has 740 valence electrons. The van der Waals surface area contributed by atoms with E-state index in [2.05, 4.69) is 60.6 Å². The van der Waals surface area contributed by atoms with Gasteiger partial charge in [0, 0.05) is 56.4 Å². The highest BCUT2D eigenvalue weighted by molar-refractivity contribution is 5.92. The van der Waals surface area contributed by atoms with E-state index in [4.69, 9.17) is 61.6 Å². The average Bonchev–Trinajstić information content (AvgIpc) is 0.825. The first-order valence-corrected chi connectivity index (χ1v) is 50.6. The quantitative estimate of drug-likeness (QED) is 0.0167. The summed E-state index contributed by atoms with van der Waals surface area (Å²) in [6, 6.07) is 20.2. The van der Waals surface area contributed by atoms with Crippen LogP contribution in [0.25, 0.3) is 11.1 Å². The van der Waals surface area contributed by atoms with Crippen molar-refractivity contribution in [2.24, 2.45) is 22.7 Å². The molecule has 21 heteroatoms. The average molecular weight is 1830 g/mol. The van der Waals surface area contributed by atoms with Gasteiger partial charge in [-0.25, -0.2) is 28.8 Å². The van der Waals surface area contributed by atoms with Gasteiger partial charge in [-0.3, -0.25) is 9.59 Å². The number of unbranched alkanes of at least 4 members (excludes halogenated alkanes) is 34. The fourth-order valence-electron chi connectivity index (χ4n) is 14.9. The van der Waals surface area contributed by atoms with Crippen LogP contribution >= 0.6 is 0 Å². The number of benzene rings is 3. The molecule has 0 bridgehead atoms. The molecule has 3 aromatic carbocycles. The van der Waals surface area contributed by atoms with E-state index < -0.39 is 46.6 Å². The molecule has 0 fully saturated rings. The van der Waals surface area contributed by atoms with Gasteiger partial charge in [-0.15, -0.1) is 0 Å². The maximum atomic E-state index is 13.2. The zero-order valence-electron chi connectivity index (χ0n) is 82.3. The monoisotopic (exact) mass is 1830 g/mol. The Balaban J connectivity index is 0.000000914. The van der Waals surface area contributed by atoms with E-state index in [0.717, 1.165) is 170 Å². The van der Waals surface area contributed by atoms with E-state index in [-0.39, 0.29) is 38.4 Å². The zero-order valence-corrected chi connectivity index (χ0v) is 82.3. The lowest BCUT2D eigenvalue weighted by atomic mass is 9.88. The van der Waals surface area contributed by atoms with Crippen LogP contribution in [0.2, 0.25) is 0 Å². The highest BCUT2D eigenvalue weighted by atomic mass is 16.6. The molecule has 0 aliphatic heterocycles. The van der Waals surface area contributed by atoms with E-state index in [1.165, 1.54) is 172 Å². The first-order chi connectivity index (χ1) is 63.8. The second-order valence-electron chi connectivity index (χ2n) is 35.5. The predicted octanol–water partition coefficient (Wildman–Crippen LogP) is 27.3. The smallest absolute Gasteiger partial charge is 0.343 e. The Kier molecular flexibility index (Phi) is 73.3. The summed E-state index contributed by atoms with van der Waals surface area (Å²) >= 11 is 0. The Labute approximate surface area is 790 Å². The van der Waals surface area contributed by atoms with E-state index in [0.29, 0.717) is 126 Å². The van der Waals surface area contributed by atoms with Crippen molar-refractivity contribution in [3.05, 3.63) is 136 Å². The molecule has 4 atom stereocenters. The molecule has 0 aliphatic rings. The largest absolute Gasteiger partial charge is 0.494 e. The Hall–Kier alpha value is -8.56. The van der Waals surface area contributed by atoms with Crippen LogP contribution in [0.5, 0.6) is 23.0 Å². The van der Waals surface area contributed by atoms with Crippen LogP contribution in [0.3, 0.4) is 0 Å². The van der Waals surface area contributed by atoms with Crippen LogP contribution in [-0.4, -0.2) is 140 Å². The fourth-order valence-corrected chi connectivity index (χ4v) is 14.9. The van der Waals surface area contributed by atoms with Gasteiger partial charge in [0.1, 0.15) is 37.9 Å². The summed E-state index contributed by atoms with van der Waals surface area (Å²) in [5.74, 6) is 0.510. The standard InChI is InChI=1S/C64H118O10.C46H56O11/c1-9-15-17-19-21-23-25-27-33-41-49-69-51-63(13-5,53-71-59(65)11-3)55-73-61(67)47-37-31-29-35-43-57(7)45-39-40-46-58(8)44-36-30-32-38-48-62(68)74-56-64(14-6,54-72-60(66)12-4)52-70-50-42-34-28-26-24-22-20-18-16-10-2;1-4-43(47)54-32-16-10-7-13-29-51-39-24-19-36(20-25-39)37-21-26-40(27-22-37)57-46(50)38-23-28-41(52-30-14-8-11-17-33-55-44(48)5-2)42(35-38)53-31-15-9-12-18-34-56-45(49)6-3/h11-12,57-58H,3-4,9-10,13-56H2,1-2,5-8H3;4-6,19-28,35H,1-3,7-18,29-34H2. The van der Waals surface area contributed by atoms with E-state index >= 15 is 0 Å². The molecule has 0 saturated heterocycles. The molecule has 0 spiro atoms. The van der Waals surface area contributed by atoms with Crippen LogP contribution < -0.4 is 18.9 Å². The number of carbonyl (C=O) groups excluding carboxylic acids is 8. The lowest BCUT2D eigenvalue weighted by molar-refractivity contribution is -0.157. The Morgan fingerprint density at radius 1 is 0.290 bits per heavy atom. The van der Waals surface area contributed by atoms with Gasteiger partial charge in [0.25, 0.3) is 0 Å². The van der Waals surface area contributed by atoms with Crippen LogP contribution in [-0.2, 0) is 76.2 Å². The topological polar surface area (TPSA) is 257 Å². The van der Waals surface area contributed by atoms with Crippen LogP contribution in [0.15, 0.2) is 130 Å². The molecule has 0 radical (unpaired) electrons. The van der Waals surface area contributed by atoms with Gasteiger partial charge < -0.3 is 61.6 Å². The van der Waals surface area contributed by atoms with E-state index in [9.17, 15) is 38.4 Å². The summed E-state index contributed by atoms with van der Waals surface area (Å²) in [6.07, 6.45) is 59.5. The Morgan fingerprint density at radius 3 is 0.939 bits per heavy atom. The van der Waals surface area contributed by atoms with Gasteiger partial charge in [0.2, 0.25) is 0 Å². The normalized spacial score (nSPS) is 12.4. The number of hydrogen-bond acceptors (Lipinski definition) is 21. The van der Waals surface area contributed by atoms with Crippen molar-refractivity contribution in [3.8, 4) is 34.1 Å². The fraction of sp³-hybridized carbons (Fsp3) is 0.673. The second kappa shape index (κ2) is 81.0. The summed E-state index contributed by atoms with van der Waals surface area (Å²) in [5, 5.41) is 0. The molecule has 0 aliphatic carbocycles. The lowest BCUT2D eigenvalue weighted by Crippen LogP contribution is -2.38. The summed E-state index contributed by atoms with van der Waals surface area (Å²) in [6.45, 7) is 35.8. The van der Waals surface area contributed by atoms with E-state index in [1.807, 2.05) is 50.2 Å². The van der Waals surface area contributed by atoms with Crippen molar-refractivity contribution in [1.82, 2.24) is 0 Å². The number of hydrogen-bond donors (Lipinski definition) is 0. The molecular weight excluding hydrogens is 1660 g/mol. The number of rotatable bonds is 87. The molecule has 3 aromatic rings. The number of ether oxygens (including phenoxy) is 13. The third-order valence-electron chi connectivity index (χ3n) is 23.9. The van der Waals surface area contributed by atoms with Gasteiger partial charge in [-0.2, -0.15) is 0 Å². The second-order valence-corrected chi connectivity index (χ2v) is 35.5. The molecule has 4 unspecified atom stereocenters. The van der Waals surface area contributed by atoms with Gasteiger partial charge in [-0.1, -0.05) is 291 Å². The zero-order chi connectivity index (χ0) is 95.6. The molecule has 21 nitrogen and oxygen atoms in total. The first kappa shape index (κ1) is 119. The maximum absolute atomic E-state index is 13.2. The maximum Gasteiger partial charge on any atom is 0.343 e. The van der Waals surface area contributed by atoms with Gasteiger partial charge >= 0.3 is 47.8 Å². The molecule has 131 heavy (non-hydrogen) atoms. The van der Waals surface area contributed by atoms with Crippen molar-refractivity contribution < 1.29 is 99.9 Å². The van der Waals surface area contributed by atoms with Crippen molar-refractivity contribution in [2.75, 3.05) is 92.5 Å². The first-order valence-electron chi connectivity index (χ1n) is 50.6. The summed E-state index contributed by atoms with van der Waals surface area (Å²) in [7, 11) is 0. The van der Waals surface area contributed by atoms with Crippen LogP contribution in [0, 0.1) is 22.7 Å². The van der Waals surface area contributed by atoms with Crippen LogP contribution in [0.4, 0.5) is 0 Å². The summed E-state index contributed by atoms with van der Waals surface area (Å²) in [4.78, 5) is 96.1. The molecule has 0 heterocycles. The third kappa shape index (κ3) is 64.1. The predicted molar refractivity (Wildman–Crippen MR) is 526 cm³/mol. The van der Waals surface area contributed by atoms with Gasteiger partial charge in [-0.05, 0) is 181 Å². The molecule has 0 N–H and O–H groups in total. The molecule has 0 aromatic heterocycles.